The van der Waals surface area contributed by atoms with Crippen LogP contribution in [-0.4, -0.2) is 65.6 Å². The van der Waals surface area contributed by atoms with Gasteiger partial charge >= 0.3 is 12.0 Å². The number of amides is 3. The summed E-state index contributed by atoms with van der Waals surface area (Å²) in [4.78, 5) is 35.9. The molecule has 8 heteroatoms. The molecule has 2 unspecified atom stereocenters. The predicted molar refractivity (Wildman–Crippen MR) is 78.9 cm³/mol. The van der Waals surface area contributed by atoms with Crippen LogP contribution in [0, 0.1) is 0 Å². The first-order valence-corrected chi connectivity index (χ1v) is 7.76. The highest BCUT2D eigenvalue weighted by atomic mass is 32.2. The molecular formula is C12H23N3O4S. The van der Waals surface area contributed by atoms with E-state index in [0.717, 1.165) is 0 Å². The van der Waals surface area contributed by atoms with E-state index < -0.39 is 24.1 Å². The van der Waals surface area contributed by atoms with Crippen LogP contribution in [0.1, 0.15) is 20.3 Å². The molecule has 0 radical (unpaired) electrons. The highest BCUT2D eigenvalue weighted by molar-refractivity contribution is 7.98. The van der Waals surface area contributed by atoms with E-state index in [1.165, 1.54) is 16.7 Å². The number of nitrogens with zero attached hydrogens (tertiary/aromatic N) is 1. The molecule has 2 atom stereocenters. The Labute approximate surface area is 123 Å². The number of hydrogen-bond donors (Lipinski definition) is 3. The summed E-state index contributed by atoms with van der Waals surface area (Å²) in [5.74, 6) is -0.679. The van der Waals surface area contributed by atoms with Crippen LogP contribution in [0.5, 0.6) is 0 Å². The second kappa shape index (κ2) is 9.46. The van der Waals surface area contributed by atoms with Crippen molar-refractivity contribution in [1.29, 1.82) is 0 Å². The average Bonchev–Trinajstić information content (AvgIpc) is 2.41. The molecule has 116 valence electrons. The fraction of sp³-hybridized carbons (Fsp3) is 0.750. The minimum atomic E-state index is -1.08. The van der Waals surface area contributed by atoms with Gasteiger partial charge in [-0.25, -0.2) is 9.59 Å². The van der Waals surface area contributed by atoms with Crippen LogP contribution in [0.2, 0.25) is 0 Å². The second-order valence-electron chi connectivity index (χ2n) is 4.36. The Kier molecular flexibility index (Phi) is 8.78. The molecule has 0 spiro atoms. The van der Waals surface area contributed by atoms with Crippen LogP contribution in [0.3, 0.4) is 0 Å². The van der Waals surface area contributed by atoms with E-state index in [0.29, 0.717) is 18.7 Å². The number of nitrogens with one attached hydrogen (secondary N) is 2. The Morgan fingerprint density at radius 2 is 1.90 bits per heavy atom. The number of hydrogen-bond acceptors (Lipinski definition) is 4. The maximum Gasteiger partial charge on any atom is 0.326 e. The molecule has 0 heterocycles. The lowest BCUT2D eigenvalue weighted by atomic mass is 10.2. The summed E-state index contributed by atoms with van der Waals surface area (Å²) in [7, 11) is 1.64. The Balaban J connectivity index is 4.38. The molecule has 0 aliphatic carbocycles. The summed E-state index contributed by atoms with van der Waals surface area (Å²) in [6, 6.07) is -2.30. The van der Waals surface area contributed by atoms with Crippen LogP contribution >= 0.6 is 11.8 Å². The van der Waals surface area contributed by atoms with Gasteiger partial charge in [-0.2, -0.15) is 11.8 Å². The summed E-state index contributed by atoms with van der Waals surface area (Å²) >= 11 is 1.50. The predicted octanol–water partition coefficient (Wildman–Crippen LogP) is 0.359. The van der Waals surface area contributed by atoms with E-state index >= 15 is 0 Å². The average molecular weight is 305 g/mol. The van der Waals surface area contributed by atoms with Crippen molar-refractivity contribution in [3.63, 3.8) is 0 Å². The normalized spacial score (nSPS) is 13.2. The smallest absolute Gasteiger partial charge is 0.326 e. The molecule has 0 saturated heterocycles. The third-order valence-electron chi connectivity index (χ3n) is 2.78. The Bertz CT molecular complexity index is 352. The highest BCUT2D eigenvalue weighted by Crippen LogP contribution is 2.01. The Hall–Kier alpha value is -1.44. The third-order valence-corrected chi connectivity index (χ3v) is 3.43. The van der Waals surface area contributed by atoms with Crippen LogP contribution in [0.25, 0.3) is 0 Å². The van der Waals surface area contributed by atoms with Crippen molar-refractivity contribution in [2.75, 3.05) is 25.6 Å². The van der Waals surface area contributed by atoms with E-state index in [1.807, 2.05) is 13.2 Å². The van der Waals surface area contributed by atoms with E-state index in [4.69, 9.17) is 5.11 Å². The molecule has 0 rings (SSSR count). The first-order chi connectivity index (χ1) is 9.33. The van der Waals surface area contributed by atoms with E-state index in [9.17, 15) is 14.4 Å². The molecule has 0 fully saturated rings. The van der Waals surface area contributed by atoms with Gasteiger partial charge in [0.25, 0.3) is 0 Å². The lowest BCUT2D eigenvalue weighted by Gasteiger charge is -2.22. The Morgan fingerprint density at radius 1 is 1.30 bits per heavy atom. The molecule has 0 aromatic carbocycles. The first kappa shape index (κ1) is 18.6. The summed E-state index contributed by atoms with van der Waals surface area (Å²) in [6.07, 6.45) is 2.20. The van der Waals surface area contributed by atoms with Crippen molar-refractivity contribution >= 4 is 29.7 Å². The number of urea groups is 1. The molecule has 0 aromatic rings. The summed E-state index contributed by atoms with van der Waals surface area (Å²) < 4.78 is 0. The van der Waals surface area contributed by atoms with Gasteiger partial charge in [0.1, 0.15) is 12.1 Å². The van der Waals surface area contributed by atoms with Crippen LogP contribution in [0.15, 0.2) is 0 Å². The number of thioether (sulfide) groups is 1. The minimum absolute atomic E-state index is 0.223. The van der Waals surface area contributed by atoms with Crippen molar-refractivity contribution in [3.8, 4) is 0 Å². The highest BCUT2D eigenvalue weighted by Gasteiger charge is 2.22. The number of carboxylic acids is 1. The number of rotatable bonds is 8. The molecule has 0 saturated carbocycles. The molecule has 0 aromatic heterocycles. The zero-order chi connectivity index (χ0) is 15.7. The molecule has 0 bridgehead atoms. The monoisotopic (exact) mass is 305 g/mol. The van der Waals surface area contributed by atoms with Gasteiger partial charge in [0.05, 0.1) is 0 Å². The van der Waals surface area contributed by atoms with Crippen molar-refractivity contribution in [1.82, 2.24) is 15.5 Å². The Morgan fingerprint density at radius 3 is 2.35 bits per heavy atom. The zero-order valence-corrected chi connectivity index (χ0v) is 13.1. The molecule has 20 heavy (non-hydrogen) atoms. The third kappa shape index (κ3) is 6.65. The number of carbonyl (C=O) groups excluding carboxylic acids is 2. The van der Waals surface area contributed by atoms with Gasteiger partial charge in [-0.1, -0.05) is 0 Å². The zero-order valence-electron chi connectivity index (χ0n) is 12.3. The summed E-state index contributed by atoms with van der Waals surface area (Å²) in [5.41, 5.74) is 0. The van der Waals surface area contributed by atoms with Gasteiger partial charge in [-0.3, -0.25) is 4.79 Å². The maximum atomic E-state index is 11.8. The second-order valence-corrected chi connectivity index (χ2v) is 5.35. The quantitative estimate of drug-likeness (QED) is 0.601. The summed E-state index contributed by atoms with van der Waals surface area (Å²) in [6.45, 7) is 3.93. The first-order valence-electron chi connectivity index (χ1n) is 6.37. The van der Waals surface area contributed by atoms with Gasteiger partial charge in [0, 0.05) is 13.6 Å². The number of carboxylic acid groups (broad SMARTS) is 1. The van der Waals surface area contributed by atoms with Gasteiger partial charge < -0.3 is 20.6 Å². The van der Waals surface area contributed by atoms with Crippen molar-refractivity contribution in [2.24, 2.45) is 0 Å². The van der Waals surface area contributed by atoms with Gasteiger partial charge in [-0.05, 0) is 32.3 Å². The van der Waals surface area contributed by atoms with Crippen molar-refractivity contribution in [3.05, 3.63) is 0 Å². The summed E-state index contributed by atoms with van der Waals surface area (Å²) in [5, 5.41) is 13.8. The molecular weight excluding hydrogens is 282 g/mol. The molecule has 0 aliphatic rings. The van der Waals surface area contributed by atoms with Crippen molar-refractivity contribution < 1.29 is 19.5 Å². The SMILES string of the molecule is CCN(C)C(=O)C(C)NC(=O)NC(CCSC)C(=O)O. The number of likely N-dealkylation sites (N-methyl/N-ethyl adjacent to an activating group) is 1. The fourth-order valence-electron chi connectivity index (χ4n) is 1.44. The fourth-order valence-corrected chi connectivity index (χ4v) is 1.91. The van der Waals surface area contributed by atoms with Crippen LogP contribution in [0.4, 0.5) is 4.79 Å². The van der Waals surface area contributed by atoms with E-state index in [-0.39, 0.29) is 5.91 Å². The molecule has 3 amide bonds. The topological polar surface area (TPSA) is 98.7 Å². The molecule has 3 N–H and O–H groups in total. The minimum Gasteiger partial charge on any atom is -0.480 e. The molecule has 0 aliphatic heterocycles. The van der Waals surface area contributed by atoms with Gasteiger partial charge in [0.15, 0.2) is 0 Å². The maximum absolute atomic E-state index is 11.8. The van der Waals surface area contributed by atoms with Gasteiger partial charge in [-0.15, -0.1) is 0 Å². The lowest BCUT2D eigenvalue weighted by Crippen LogP contribution is -2.52. The van der Waals surface area contributed by atoms with Crippen molar-refractivity contribution in [2.45, 2.75) is 32.4 Å². The van der Waals surface area contributed by atoms with E-state index in [1.54, 1.807) is 14.0 Å². The van der Waals surface area contributed by atoms with Crippen LogP contribution < -0.4 is 10.6 Å². The number of aliphatic carboxylic acids is 1. The van der Waals surface area contributed by atoms with Crippen LogP contribution in [-0.2, 0) is 9.59 Å². The standard InChI is InChI=1S/C12H23N3O4S/c1-5-15(3)10(16)8(2)13-12(19)14-9(11(17)18)6-7-20-4/h8-9H,5-7H2,1-4H3,(H,17,18)(H2,13,14,19). The lowest BCUT2D eigenvalue weighted by molar-refractivity contribution is -0.139. The van der Waals surface area contributed by atoms with E-state index in [2.05, 4.69) is 10.6 Å². The van der Waals surface area contributed by atoms with Gasteiger partial charge in [0.2, 0.25) is 5.91 Å². The largest absolute Gasteiger partial charge is 0.480 e. The number of carbonyl (C=O) groups is 3. The molecule has 7 nitrogen and oxygen atoms in total.